The van der Waals surface area contributed by atoms with E-state index in [0.717, 1.165) is 10.6 Å². The van der Waals surface area contributed by atoms with Crippen LogP contribution in [0.15, 0.2) is 47.8 Å². The number of amides is 1. The Kier molecular flexibility index (Phi) is 7.71. The Labute approximate surface area is 158 Å². The van der Waals surface area contributed by atoms with Crippen molar-refractivity contribution in [2.24, 2.45) is 0 Å². The molecule has 5 nitrogen and oxygen atoms in total. The topological polar surface area (TPSA) is 61.8 Å². The van der Waals surface area contributed by atoms with E-state index < -0.39 is 6.10 Å². The van der Waals surface area contributed by atoms with Crippen LogP contribution in [0.2, 0.25) is 0 Å². The third-order valence-electron chi connectivity index (χ3n) is 4.13. The van der Waals surface area contributed by atoms with Crippen LogP contribution < -0.4 is 5.32 Å². The number of rotatable bonds is 6. The number of ether oxygens (including phenoxy) is 1. The van der Waals surface area contributed by atoms with Gasteiger partial charge in [-0.05, 0) is 23.6 Å². The average Bonchev–Trinajstić information content (AvgIpc) is 3.16. The van der Waals surface area contributed by atoms with Crippen LogP contribution in [0.25, 0.3) is 0 Å². The summed E-state index contributed by atoms with van der Waals surface area (Å²) in [5.41, 5.74) is 0.925. The molecule has 2 unspecified atom stereocenters. The number of benzene rings is 1. The monoisotopic (exact) mass is 382 g/mol. The van der Waals surface area contributed by atoms with Gasteiger partial charge in [0.25, 0.3) is 0 Å². The molecule has 1 saturated heterocycles. The summed E-state index contributed by atoms with van der Waals surface area (Å²) in [7, 11) is 0. The predicted octanol–water partition coefficient (Wildman–Crippen LogP) is 2.93. The molecule has 2 atom stereocenters. The van der Waals surface area contributed by atoms with Crippen molar-refractivity contribution in [3.05, 3.63) is 52.7 Å². The van der Waals surface area contributed by atoms with Gasteiger partial charge in [0.1, 0.15) is 0 Å². The van der Waals surface area contributed by atoms with Gasteiger partial charge in [0.2, 0.25) is 5.91 Å². The van der Waals surface area contributed by atoms with Crippen molar-refractivity contribution in [2.75, 3.05) is 31.6 Å². The normalized spacial score (nSPS) is 18.3. The van der Waals surface area contributed by atoms with Gasteiger partial charge >= 0.3 is 0 Å². The molecule has 1 aromatic carbocycles. The van der Waals surface area contributed by atoms with Crippen LogP contribution in [0, 0.1) is 0 Å². The lowest BCUT2D eigenvalue weighted by atomic mass is 10.1. The first kappa shape index (κ1) is 19.7. The Balaban J connectivity index is 0.00000225. The van der Waals surface area contributed by atoms with Gasteiger partial charge in [-0.25, -0.2) is 0 Å². The fraction of sp³-hybridized carbons (Fsp3) is 0.389. The number of carbonyl (C=O) groups is 1. The molecule has 136 valence electrons. The van der Waals surface area contributed by atoms with Crippen molar-refractivity contribution in [3.8, 4) is 0 Å². The number of nitrogens with one attached hydrogen (secondary N) is 1. The molecular formula is C18H23ClN2O3S. The maximum atomic E-state index is 12.6. The van der Waals surface area contributed by atoms with Crippen molar-refractivity contribution in [1.82, 2.24) is 4.90 Å². The van der Waals surface area contributed by atoms with Gasteiger partial charge in [0, 0.05) is 23.5 Å². The number of morpholine rings is 1. The third kappa shape index (κ3) is 5.44. The molecule has 1 aliphatic heterocycles. The van der Waals surface area contributed by atoms with Gasteiger partial charge in [-0.1, -0.05) is 24.3 Å². The van der Waals surface area contributed by atoms with E-state index in [2.05, 4.69) is 5.32 Å². The zero-order chi connectivity index (χ0) is 16.8. The zero-order valence-electron chi connectivity index (χ0n) is 13.8. The summed E-state index contributed by atoms with van der Waals surface area (Å²) in [4.78, 5) is 15.3. The lowest BCUT2D eigenvalue weighted by Gasteiger charge is -2.36. The number of halogens is 1. The number of aliphatic hydroxyl groups excluding tert-OH is 1. The Bertz CT molecular complexity index is 639. The van der Waals surface area contributed by atoms with E-state index in [1.165, 1.54) is 11.3 Å². The predicted molar refractivity (Wildman–Crippen MR) is 102 cm³/mol. The number of anilines is 1. The minimum Gasteiger partial charge on any atom is -0.387 e. The first-order chi connectivity index (χ1) is 11.7. The highest BCUT2D eigenvalue weighted by Gasteiger charge is 2.29. The molecule has 0 aliphatic carbocycles. The first-order valence-corrected chi connectivity index (χ1v) is 8.99. The molecule has 7 heteroatoms. The Morgan fingerprint density at radius 3 is 2.84 bits per heavy atom. The van der Waals surface area contributed by atoms with Crippen LogP contribution in [0.4, 0.5) is 5.69 Å². The number of carbonyl (C=O) groups excluding carboxylic acids is 1. The van der Waals surface area contributed by atoms with Crippen molar-refractivity contribution in [3.63, 3.8) is 0 Å². The molecule has 3 rings (SSSR count). The van der Waals surface area contributed by atoms with E-state index in [0.29, 0.717) is 26.2 Å². The second-order valence-corrected chi connectivity index (χ2v) is 6.78. The molecule has 2 aromatic rings. The van der Waals surface area contributed by atoms with E-state index in [1.54, 1.807) is 0 Å². The molecule has 0 spiro atoms. The van der Waals surface area contributed by atoms with Crippen LogP contribution in [0.1, 0.15) is 17.4 Å². The van der Waals surface area contributed by atoms with Gasteiger partial charge in [0.15, 0.2) is 0 Å². The van der Waals surface area contributed by atoms with Crippen LogP contribution >= 0.6 is 23.7 Å². The smallest absolute Gasteiger partial charge is 0.242 e. The average molecular weight is 383 g/mol. The number of para-hydroxylation sites is 1. The van der Waals surface area contributed by atoms with E-state index in [9.17, 15) is 9.90 Å². The lowest BCUT2D eigenvalue weighted by molar-refractivity contribution is -0.139. The standard InChI is InChI=1S/C18H22N2O3S.ClH/c21-16(17-7-4-10-24-17)11-15-13-23-9-8-20(15)18(22)12-19-14-5-2-1-3-6-14;/h1-7,10,15-16,19,21H,8-9,11-13H2;1H. The van der Waals surface area contributed by atoms with Gasteiger partial charge in [-0.15, -0.1) is 23.7 Å². The fourth-order valence-corrected chi connectivity index (χ4v) is 3.59. The summed E-state index contributed by atoms with van der Waals surface area (Å²) in [5, 5.41) is 15.5. The number of nitrogens with zero attached hydrogens (tertiary/aromatic N) is 1. The molecule has 0 bridgehead atoms. The molecule has 25 heavy (non-hydrogen) atoms. The number of hydrogen-bond acceptors (Lipinski definition) is 5. The van der Waals surface area contributed by atoms with Crippen LogP contribution in [-0.2, 0) is 9.53 Å². The summed E-state index contributed by atoms with van der Waals surface area (Å²) < 4.78 is 5.52. The van der Waals surface area contributed by atoms with Crippen molar-refractivity contribution < 1.29 is 14.6 Å². The summed E-state index contributed by atoms with van der Waals surface area (Å²) in [6.45, 7) is 1.83. The number of hydrogen-bond donors (Lipinski definition) is 2. The maximum Gasteiger partial charge on any atom is 0.242 e. The summed E-state index contributed by atoms with van der Waals surface area (Å²) >= 11 is 1.53. The van der Waals surface area contributed by atoms with Crippen molar-refractivity contribution in [2.45, 2.75) is 18.6 Å². The Hall–Kier alpha value is -1.60. The second-order valence-electron chi connectivity index (χ2n) is 5.80. The molecule has 0 saturated carbocycles. The second kappa shape index (κ2) is 9.77. The highest BCUT2D eigenvalue weighted by atomic mass is 35.5. The van der Waals surface area contributed by atoms with Crippen molar-refractivity contribution >= 4 is 35.3 Å². The Morgan fingerprint density at radius 1 is 1.32 bits per heavy atom. The zero-order valence-corrected chi connectivity index (χ0v) is 15.5. The van der Waals surface area contributed by atoms with Gasteiger partial charge < -0.3 is 20.1 Å². The van der Waals surface area contributed by atoms with E-state index in [4.69, 9.17) is 4.74 Å². The quantitative estimate of drug-likeness (QED) is 0.806. The molecule has 1 amide bonds. The Morgan fingerprint density at radius 2 is 2.12 bits per heavy atom. The van der Waals surface area contributed by atoms with Crippen molar-refractivity contribution in [1.29, 1.82) is 0 Å². The molecule has 1 fully saturated rings. The fourth-order valence-electron chi connectivity index (χ4n) is 2.87. The number of aliphatic hydroxyl groups is 1. The van der Waals surface area contributed by atoms with Gasteiger partial charge in [0.05, 0.1) is 31.9 Å². The lowest BCUT2D eigenvalue weighted by Crippen LogP contribution is -2.51. The highest BCUT2D eigenvalue weighted by molar-refractivity contribution is 7.10. The summed E-state index contributed by atoms with van der Waals surface area (Å²) in [6, 6.07) is 13.4. The minimum atomic E-state index is -0.561. The molecule has 0 radical (unpaired) electrons. The van der Waals surface area contributed by atoms with Crippen LogP contribution in [0.3, 0.4) is 0 Å². The minimum absolute atomic E-state index is 0. The SMILES string of the molecule is Cl.O=C(CNc1ccccc1)N1CCOCC1CC(O)c1cccs1. The first-order valence-electron chi connectivity index (χ1n) is 8.11. The molecule has 2 heterocycles. The third-order valence-corrected chi connectivity index (χ3v) is 5.11. The number of thiophene rings is 1. The van der Waals surface area contributed by atoms with E-state index in [-0.39, 0.29) is 30.9 Å². The highest BCUT2D eigenvalue weighted by Crippen LogP contribution is 2.26. The summed E-state index contributed by atoms with van der Waals surface area (Å²) in [5.74, 6) is 0.0329. The van der Waals surface area contributed by atoms with Gasteiger partial charge in [-0.2, -0.15) is 0 Å². The van der Waals surface area contributed by atoms with Crippen LogP contribution in [-0.4, -0.2) is 48.3 Å². The molecular weight excluding hydrogens is 360 g/mol. The van der Waals surface area contributed by atoms with Crippen LogP contribution in [0.5, 0.6) is 0 Å². The largest absolute Gasteiger partial charge is 0.387 e. The van der Waals surface area contributed by atoms with Gasteiger partial charge in [-0.3, -0.25) is 4.79 Å². The summed E-state index contributed by atoms with van der Waals surface area (Å²) in [6.07, 6.45) is -0.0634. The molecule has 1 aromatic heterocycles. The maximum absolute atomic E-state index is 12.6. The molecule has 2 N–H and O–H groups in total. The van der Waals surface area contributed by atoms with E-state index in [1.807, 2.05) is 52.7 Å². The van der Waals surface area contributed by atoms with E-state index >= 15 is 0 Å². The molecule has 1 aliphatic rings.